The Kier molecular flexibility index (Phi) is 4.12. The number of fused-ring (bicyclic) bond motifs is 1. The van der Waals surface area contributed by atoms with Crippen LogP contribution >= 0.6 is 0 Å². The van der Waals surface area contributed by atoms with Gasteiger partial charge in [0.1, 0.15) is 0 Å². The van der Waals surface area contributed by atoms with Gasteiger partial charge in [0.05, 0.1) is 6.61 Å². The van der Waals surface area contributed by atoms with Gasteiger partial charge in [-0.25, -0.2) is 4.39 Å². The predicted molar refractivity (Wildman–Crippen MR) is 84.3 cm³/mol. The fraction of sp³-hybridized carbons (Fsp3) is 0.389. The zero-order chi connectivity index (χ0) is 15.6. The number of carbonyl (C=O) groups is 1. The number of nitrogens with zero attached hydrogens (tertiary/aromatic N) is 1. The topological polar surface area (TPSA) is 29.5 Å². The third-order valence-electron chi connectivity index (χ3n) is 4.17. The van der Waals surface area contributed by atoms with Crippen molar-refractivity contribution in [3.63, 3.8) is 0 Å². The molecule has 2 aromatic rings. The summed E-state index contributed by atoms with van der Waals surface area (Å²) in [5.74, 6) is -0.405. The van der Waals surface area contributed by atoms with E-state index in [-0.39, 0.29) is 0 Å². The fourth-order valence-electron chi connectivity index (χ4n) is 2.70. The summed E-state index contributed by atoms with van der Waals surface area (Å²) in [4.78, 5) is 14.0. The second-order valence-electron chi connectivity index (χ2n) is 5.82. The lowest BCUT2D eigenvalue weighted by atomic mass is 10.0. The molecule has 3 nitrogen and oxygen atoms in total. The van der Waals surface area contributed by atoms with Gasteiger partial charge in [-0.2, -0.15) is 0 Å². The number of rotatable bonds is 6. The van der Waals surface area contributed by atoms with Gasteiger partial charge in [0, 0.05) is 20.2 Å². The van der Waals surface area contributed by atoms with Gasteiger partial charge in [-0.05, 0) is 29.2 Å². The molecular formula is C18H20FNO2. The van der Waals surface area contributed by atoms with Crippen molar-refractivity contribution in [2.24, 2.45) is 0 Å². The molecule has 116 valence electrons. The Morgan fingerprint density at radius 3 is 2.68 bits per heavy atom. The lowest BCUT2D eigenvalue weighted by Crippen LogP contribution is -2.40. The van der Waals surface area contributed by atoms with E-state index in [9.17, 15) is 9.18 Å². The molecule has 1 saturated carbocycles. The number of hydrogen-bond acceptors (Lipinski definition) is 2. The number of carbonyl (C=O) groups excluding carboxylic acids is 1. The Hall–Kier alpha value is -1.94. The van der Waals surface area contributed by atoms with Crippen LogP contribution in [0.3, 0.4) is 0 Å². The maximum Gasteiger partial charge on any atom is 0.260 e. The number of amides is 1. The molecule has 2 aromatic carbocycles. The van der Waals surface area contributed by atoms with Crippen LogP contribution in [0, 0.1) is 0 Å². The van der Waals surface area contributed by atoms with Crippen molar-refractivity contribution in [2.75, 3.05) is 20.3 Å². The normalized spacial score (nSPS) is 15.7. The molecule has 0 heterocycles. The first kappa shape index (κ1) is 15.0. The Balaban J connectivity index is 1.86. The monoisotopic (exact) mass is 301 g/mol. The second kappa shape index (κ2) is 6.05. The summed E-state index contributed by atoms with van der Waals surface area (Å²) in [6.07, 6.45) is 0.676. The molecule has 0 spiro atoms. The summed E-state index contributed by atoms with van der Waals surface area (Å²) >= 11 is 0. The van der Waals surface area contributed by atoms with Crippen LogP contribution < -0.4 is 0 Å². The molecule has 0 saturated heterocycles. The summed E-state index contributed by atoms with van der Waals surface area (Å²) in [5.41, 5.74) is -0.606. The van der Waals surface area contributed by atoms with Gasteiger partial charge in [-0.1, -0.05) is 42.5 Å². The summed E-state index contributed by atoms with van der Waals surface area (Å²) in [5, 5.41) is 2.23. The van der Waals surface area contributed by atoms with Gasteiger partial charge in [-0.3, -0.25) is 4.79 Å². The molecular weight excluding hydrogens is 281 g/mol. The van der Waals surface area contributed by atoms with E-state index < -0.39 is 11.6 Å². The molecule has 0 atom stereocenters. The Labute approximate surface area is 129 Å². The molecule has 22 heavy (non-hydrogen) atoms. The first-order chi connectivity index (χ1) is 10.6. The van der Waals surface area contributed by atoms with Gasteiger partial charge < -0.3 is 9.64 Å². The average molecular weight is 301 g/mol. The van der Waals surface area contributed by atoms with Gasteiger partial charge in [-0.15, -0.1) is 0 Å². The highest BCUT2D eigenvalue weighted by Gasteiger charge is 2.52. The zero-order valence-corrected chi connectivity index (χ0v) is 12.7. The zero-order valence-electron chi connectivity index (χ0n) is 12.7. The third kappa shape index (κ3) is 2.97. The summed E-state index contributed by atoms with van der Waals surface area (Å²) in [6, 6.07) is 14.0. The van der Waals surface area contributed by atoms with Crippen LogP contribution in [0.1, 0.15) is 18.4 Å². The van der Waals surface area contributed by atoms with Crippen molar-refractivity contribution in [3.05, 3.63) is 48.0 Å². The van der Waals surface area contributed by atoms with Crippen molar-refractivity contribution in [3.8, 4) is 0 Å². The first-order valence-corrected chi connectivity index (χ1v) is 7.58. The number of benzene rings is 2. The van der Waals surface area contributed by atoms with E-state index in [1.165, 1.54) is 0 Å². The molecule has 0 bridgehead atoms. The summed E-state index contributed by atoms with van der Waals surface area (Å²) in [7, 11) is 1.59. The van der Waals surface area contributed by atoms with Crippen molar-refractivity contribution in [2.45, 2.75) is 25.1 Å². The number of halogens is 1. The van der Waals surface area contributed by atoms with Gasteiger partial charge >= 0.3 is 0 Å². The summed E-state index contributed by atoms with van der Waals surface area (Å²) in [6.45, 7) is 1.23. The van der Waals surface area contributed by atoms with Crippen molar-refractivity contribution >= 4 is 16.7 Å². The molecule has 0 aliphatic heterocycles. The van der Waals surface area contributed by atoms with E-state index in [2.05, 4.69) is 0 Å². The van der Waals surface area contributed by atoms with Gasteiger partial charge in [0.15, 0.2) is 5.67 Å². The highest BCUT2D eigenvalue weighted by atomic mass is 19.1. The minimum absolute atomic E-state index is 0.338. The minimum atomic E-state index is -1.64. The SMILES string of the molecule is COCCN(Cc1cccc2ccccc12)C(=O)C1(F)CC1. The van der Waals surface area contributed by atoms with Crippen LogP contribution in [0.15, 0.2) is 42.5 Å². The first-order valence-electron chi connectivity index (χ1n) is 7.58. The Morgan fingerprint density at radius 2 is 1.95 bits per heavy atom. The largest absolute Gasteiger partial charge is 0.383 e. The minimum Gasteiger partial charge on any atom is -0.383 e. The molecule has 3 rings (SSSR count). The highest BCUT2D eigenvalue weighted by Crippen LogP contribution is 2.41. The quantitative estimate of drug-likeness (QED) is 0.819. The van der Waals surface area contributed by atoms with E-state index in [0.717, 1.165) is 16.3 Å². The number of alkyl halides is 1. The van der Waals surface area contributed by atoms with E-state index >= 15 is 0 Å². The number of methoxy groups -OCH3 is 1. The standard InChI is InChI=1S/C18H20FNO2/c1-22-12-11-20(17(21)18(19)9-10-18)13-15-7-4-6-14-5-2-3-8-16(14)15/h2-8H,9-13H2,1H3. The van der Waals surface area contributed by atoms with E-state index in [4.69, 9.17) is 4.74 Å². The highest BCUT2D eigenvalue weighted by molar-refractivity contribution is 5.89. The molecule has 1 aliphatic carbocycles. The van der Waals surface area contributed by atoms with Crippen LogP contribution in [-0.4, -0.2) is 36.7 Å². The number of hydrogen-bond donors (Lipinski definition) is 0. The maximum absolute atomic E-state index is 14.2. The van der Waals surface area contributed by atoms with Crippen LogP contribution in [-0.2, 0) is 16.1 Å². The summed E-state index contributed by atoms with van der Waals surface area (Å²) < 4.78 is 19.2. The van der Waals surface area contributed by atoms with Crippen molar-refractivity contribution in [1.82, 2.24) is 4.90 Å². The van der Waals surface area contributed by atoms with Gasteiger partial charge in [0.2, 0.25) is 0 Å². The molecule has 0 radical (unpaired) electrons. The molecule has 0 aromatic heterocycles. The van der Waals surface area contributed by atoms with Crippen LogP contribution in [0.2, 0.25) is 0 Å². The Bertz CT molecular complexity index is 676. The maximum atomic E-state index is 14.2. The van der Waals surface area contributed by atoms with Crippen LogP contribution in [0.25, 0.3) is 10.8 Å². The lowest BCUT2D eigenvalue weighted by Gasteiger charge is -2.25. The third-order valence-corrected chi connectivity index (χ3v) is 4.17. The van der Waals surface area contributed by atoms with Gasteiger partial charge in [0.25, 0.3) is 5.91 Å². The predicted octanol–water partition coefficient (Wildman–Crippen LogP) is 3.32. The van der Waals surface area contributed by atoms with Crippen LogP contribution in [0.5, 0.6) is 0 Å². The molecule has 1 fully saturated rings. The molecule has 1 amide bonds. The lowest BCUT2D eigenvalue weighted by molar-refractivity contribution is -0.139. The van der Waals surface area contributed by atoms with E-state index in [1.54, 1.807) is 12.0 Å². The van der Waals surface area contributed by atoms with E-state index in [1.807, 2.05) is 42.5 Å². The Morgan fingerprint density at radius 1 is 1.23 bits per heavy atom. The van der Waals surface area contributed by atoms with Crippen LogP contribution in [0.4, 0.5) is 4.39 Å². The fourth-order valence-corrected chi connectivity index (χ4v) is 2.70. The van der Waals surface area contributed by atoms with E-state index in [0.29, 0.717) is 32.5 Å². The molecule has 0 unspecified atom stereocenters. The molecule has 1 aliphatic rings. The van der Waals surface area contributed by atoms with Crippen molar-refractivity contribution in [1.29, 1.82) is 0 Å². The smallest absolute Gasteiger partial charge is 0.260 e. The molecule has 0 N–H and O–H groups in total. The second-order valence-corrected chi connectivity index (χ2v) is 5.82. The average Bonchev–Trinajstić information content (AvgIpc) is 3.30. The number of ether oxygens (including phenoxy) is 1. The molecule has 4 heteroatoms. The van der Waals surface area contributed by atoms with Crippen molar-refractivity contribution < 1.29 is 13.9 Å².